The van der Waals surface area contributed by atoms with E-state index >= 15 is 0 Å². The molecule has 0 aliphatic heterocycles. The van der Waals surface area contributed by atoms with E-state index in [1.807, 2.05) is 0 Å². The highest BCUT2D eigenvalue weighted by Crippen LogP contribution is 2.22. The first-order valence-electron chi connectivity index (χ1n) is 7.41. The summed E-state index contributed by atoms with van der Waals surface area (Å²) in [5, 5.41) is 11.7. The number of carbonyl (C=O) groups is 2. The molecule has 0 rings (SSSR count). The molecule has 0 aromatic heterocycles. The van der Waals surface area contributed by atoms with Crippen LogP contribution in [-0.2, 0) is 4.79 Å². The van der Waals surface area contributed by atoms with Gasteiger partial charge in [-0.25, -0.2) is 4.79 Å². The maximum absolute atomic E-state index is 11.9. The van der Waals surface area contributed by atoms with Crippen LogP contribution in [0.3, 0.4) is 0 Å². The van der Waals surface area contributed by atoms with E-state index in [-0.39, 0.29) is 18.0 Å². The SMILES string of the molecule is CCCCCC(C)(C)CNC(=O)N(C)CC(C)C(=O)O. The predicted octanol–water partition coefficient (Wildman–Crippen LogP) is 2.96. The Balaban J connectivity index is 4.10. The molecule has 5 heteroatoms. The van der Waals surface area contributed by atoms with Gasteiger partial charge in [-0.3, -0.25) is 4.79 Å². The molecule has 0 bridgehead atoms. The van der Waals surface area contributed by atoms with Crippen LogP contribution in [0.4, 0.5) is 4.79 Å². The second-order valence-corrected chi connectivity index (χ2v) is 6.40. The molecule has 0 aromatic carbocycles. The molecule has 0 aliphatic carbocycles. The number of hydrogen-bond acceptors (Lipinski definition) is 2. The summed E-state index contributed by atoms with van der Waals surface area (Å²) in [5.41, 5.74) is 0.0735. The number of unbranched alkanes of at least 4 members (excludes halogenated alkanes) is 2. The number of hydrogen-bond donors (Lipinski definition) is 2. The minimum Gasteiger partial charge on any atom is -0.481 e. The van der Waals surface area contributed by atoms with E-state index in [1.54, 1.807) is 14.0 Å². The lowest BCUT2D eigenvalue weighted by Crippen LogP contribution is -2.44. The summed E-state index contributed by atoms with van der Waals surface area (Å²) in [6, 6.07) is -0.207. The molecule has 0 fully saturated rings. The van der Waals surface area contributed by atoms with Gasteiger partial charge in [0.15, 0.2) is 0 Å². The molecule has 118 valence electrons. The monoisotopic (exact) mass is 286 g/mol. The number of carboxylic acid groups (broad SMARTS) is 1. The van der Waals surface area contributed by atoms with Gasteiger partial charge in [0.2, 0.25) is 0 Å². The number of carbonyl (C=O) groups excluding carboxylic acids is 1. The largest absolute Gasteiger partial charge is 0.481 e. The Kier molecular flexibility index (Phi) is 8.26. The topological polar surface area (TPSA) is 69.6 Å². The van der Waals surface area contributed by atoms with Crippen LogP contribution in [0.25, 0.3) is 0 Å². The molecule has 20 heavy (non-hydrogen) atoms. The summed E-state index contributed by atoms with van der Waals surface area (Å²) in [5.74, 6) is -1.44. The highest BCUT2D eigenvalue weighted by Gasteiger charge is 2.21. The first-order valence-corrected chi connectivity index (χ1v) is 7.41. The van der Waals surface area contributed by atoms with Gasteiger partial charge in [0.1, 0.15) is 0 Å². The van der Waals surface area contributed by atoms with Gasteiger partial charge in [-0.2, -0.15) is 0 Å². The smallest absolute Gasteiger partial charge is 0.317 e. The van der Waals surface area contributed by atoms with Gasteiger partial charge in [-0.1, -0.05) is 47.0 Å². The van der Waals surface area contributed by atoms with Crippen LogP contribution >= 0.6 is 0 Å². The number of urea groups is 1. The van der Waals surface area contributed by atoms with Crippen molar-refractivity contribution in [2.75, 3.05) is 20.1 Å². The van der Waals surface area contributed by atoms with Crippen molar-refractivity contribution in [1.82, 2.24) is 10.2 Å². The lowest BCUT2D eigenvalue weighted by Gasteiger charge is -2.27. The fraction of sp³-hybridized carbons (Fsp3) is 0.867. The third-order valence-electron chi connectivity index (χ3n) is 3.49. The van der Waals surface area contributed by atoms with Gasteiger partial charge >= 0.3 is 12.0 Å². The minimum absolute atomic E-state index is 0.0735. The molecule has 0 radical (unpaired) electrons. The normalized spacial score (nSPS) is 12.8. The zero-order chi connectivity index (χ0) is 15.8. The molecule has 0 aromatic rings. The van der Waals surface area contributed by atoms with Crippen molar-refractivity contribution in [3.8, 4) is 0 Å². The van der Waals surface area contributed by atoms with Crippen molar-refractivity contribution in [2.45, 2.75) is 53.4 Å². The van der Waals surface area contributed by atoms with Crippen LogP contribution < -0.4 is 5.32 Å². The highest BCUT2D eigenvalue weighted by molar-refractivity contribution is 5.75. The second-order valence-electron chi connectivity index (χ2n) is 6.40. The van der Waals surface area contributed by atoms with E-state index in [2.05, 4.69) is 26.1 Å². The standard InChI is InChI=1S/C15H30N2O3/c1-6-7-8-9-15(3,4)11-16-14(20)17(5)10-12(2)13(18)19/h12H,6-11H2,1-5H3,(H,16,20)(H,18,19). The molecular formula is C15H30N2O3. The Bertz CT molecular complexity index is 316. The molecule has 0 saturated heterocycles. The Hall–Kier alpha value is -1.26. The predicted molar refractivity (Wildman–Crippen MR) is 80.8 cm³/mol. The van der Waals surface area contributed by atoms with Crippen LogP contribution in [0.2, 0.25) is 0 Å². The zero-order valence-corrected chi connectivity index (χ0v) is 13.5. The fourth-order valence-corrected chi connectivity index (χ4v) is 1.96. The highest BCUT2D eigenvalue weighted by atomic mass is 16.4. The maximum Gasteiger partial charge on any atom is 0.317 e. The molecule has 0 spiro atoms. The minimum atomic E-state index is -0.885. The van der Waals surface area contributed by atoms with Gasteiger partial charge < -0.3 is 15.3 Å². The van der Waals surface area contributed by atoms with E-state index in [0.717, 1.165) is 6.42 Å². The molecule has 2 amide bonds. The van der Waals surface area contributed by atoms with Gasteiger partial charge in [-0.15, -0.1) is 0 Å². The number of amides is 2. The average Bonchev–Trinajstić information content (AvgIpc) is 2.35. The maximum atomic E-state index is 11.9. The summed E-state index contributed by atoms with van der Waals surface area (Å²) in [4.78, 5) is 24.1. The first-order chi connectivity index (χ1) is 9.19. The average molecular weight is 286 g/mol. The number of nitrogens with one attached hydrogen (secondary N) is 1. The Morgan fingerprint density at radius 1 is 1.30 bits per heavy atom. The number of rotatable bonds is 9. The van der Waals surface area contributed by atoms with E-state index in [4.69, 9.17) is 5.11 Å². The quantitative estimate of drug-likeness (QED) is 0.640. The zero-order valence-electron chi connectivity index (χ0n) is 13.5. The molecule has 1 atom stereocenters. The summed E-state index contributed by atoms with van der Waals surface area (Å²) < 4.78 is 0. The summed E-state index contributed by atoms with van der Waals surface area (Å²) in [6.07, 6.45) is 4.66. The molecular weight excluding hydrogens is 256 g/mol. The molecule has 0 heterocycles. The summed E-state index contributed by atoms with van der Waals surface area (Å²) in [7, 11) is 1.62. The molecule has 0 aliphatic rings. The molecule has 1 unspecified atom stereocenters. The van der Waals surface area contributed by atoms with Gasteiger partial charge in [0.05, 0.1) is 5.92 Å². The Morgan fingerprint density at radius 2 is 1.90 bits per heavy atom. The van der Waals surface area contributed by atoms with E-state index in [1.165, 1.54) is 24.2 Å². The van der Waals surface area contributed by atoms with Crippen molar-refractivity contribution in [2.24, 2.45) is 11.3 Å². The fourth-order valence-electron chi connectivity index (χ4n) is 1.96. The third-order valence-corrected chi connectivity index (χ3v) is 3.49. The number of carboxylic acids is 1. The van der Waals surface area contributed by atoms with Crippen LogP contribution in [0, 0.1) is 11.3 Å². The van der Waals surface area contributed by atoms with Crippen LogP contribution in [-0.4, -0.2) is 42.1 Å². The van der Waals surface area contributed by atoms with Crippen molar-refractivity contribution in [3.63, 3.8) is 0 Å². The number of aliphatic carboxylic acids is 1. The Morgan fingerprint density at radius 3 is 2.40 bits per heavy atom. The number of nitrogens with zero attached hydrogens (tertiary/aromatic N) is 1. The first kappa shape index (κ1) is 18.7. The van der Waals surface area contributed by atoms with E-state index in [0.29, 0.717) is 6.54 Å². The van der Waals surface area contributed by atoms with Crippen LogP contribution in [0.5, 0.6) is 0 Å². The van der Waals surface area contributed by atoms with E-state index in [9.17, 15) is 9.59 Å². The molecule has 5 nitrogen and oxygen atoms in total. The Labute approximate surface area is 122 Å². The second kappa shape index (κ2) is 8.82. The van der Waals surface area contributed by atoms with Gasteiger partial charge in [-0.05, 0) is 11.8 Å². The lowest BCUT2D eigenvalue weighted by atomic mass is 9.87. The van der Waals surface area contributed by atoms with Gasteiger partial charge in [0.25, 0.3) is 0 Å². The lowest BCUT2D eigenvalue weighted by molar-refractivity contribution is -0.141. The third kappa shape index (κ3) is 8.02. The summed E-state index contributed by atoms with van der Waals surface area (Å²) in [6.45, 7) is 8.89. The molecule has 2 N–H and O–H groups in total. The van der Waals surface area contributed by atoms with Crippen molar-refractivity contribution < 1.29 is 14.7 Å². The van der Waals surface area contributed by atoms with Crippen LogP contribution in [0.1, 0.15) is 53.4 Å². The molecule has 0 saturated carbocycles. The van der Waals surface area contributed by atoms with Crippen molar-refractivity contribution in [1.29, 1.82) is 0 Å². The van der Waals surface area contributed by atoms with Crippen molar-refractivity contribution >= 4 is 12.0 Å². The van der Waals surface area contributed by atoms with Crippen LogP contribution in [0.15, 0.2) is 0 Å². The van der Waals surface area contributed by atoms with Gasteiger partial charge in [0, 0.05) is 20.1 Å². The van der Waals surface area contributed by atoms with Crippen molar-refractivity contribution in [3.05, 3.63) is 0 Å². The van der Waals surface area contributed by atoms with E-state index < -0.39 is 11.9 Å². The summed E-state index contributed by atoms with van der Waals surface area (Å²) >= 11 is 0.